The average Bonchev–Trinajstić information content (AvgIpc) is 2.85. The molecule has 0 saturated heterocycles. The smallest absolute Gasteiger partial charge is 0.166 e. The van der Waals surface area contributed by atoms with Gasteiger partial charge in [-0.25, -0.2) is 0 Å². The number of ketones is 1. The highest BCUT2D eigenvalue weighted by atomic mass is 32.1. The standard InChI is InChI=1S/C12H12N2OS/c1-7-2-3-12(16-7)8-4-10-9(6-13-14-10)11(15)5-8/h2-3,6,8H,4-5H2,1H3,(H,13,14). The van der Waals surface area contributed by atoms with Crippen molar-refractivity contribution in [2.45, 2.75) is 25.7 Å². The quantitative estimate of drug-likeness (QED) is 0.821. The van der Waals surface area contributed by atoms with Crippen LogP contribution in [-0.2, 0) is 6.42 Å². The lowest BCUT2D eigenvalue weighted by molar-refractivity contribution is 0.0964. The van der Waals surface area contributed by atoms with Crippen LogP contribution in [0.2, 0.25) is 0 Å². The number of aromatic amines is 1. The van der Waals surface area contributed by atoms with Gasteiger partial charge >= 0.3 is 0 Å². The monoisotopic (exact) mass is 232 g/mol. The Morgan fingerprint density at radius 1 is 1.44 bits per heavy atom. The number of thiophene rings is 1. The lowest BCUT2D eigenvalue weighted by Gasteiger charge is -2.19. The van der Waals surface area contributed by atoms with Gasteiger partial charge in [0, 0.05) is 27.8 Å². The van der Waals surface area contributed by atoms with E-state index in [1.54, 1.807) is 17.5 Å². The number of carbonyl (C=O) groups excluding carboxylic acids is 1. The van der Waals surface area contributed by atoms with Crippen LogP contribution in [0.1, 0.15) is 38.1 Å². The van der Waals surface area contributed by atoms with Gasteiger partial charge in [0.05, 0.1) is 11.8 Å². The molecule has 16 heavy (non-hydrogen) atoms. The van der Waals surface area contributed by atoms with Crippen LogP contribution in [-0.4, -0.2) is 16.0 Å². The van der Waals surface area contributed by atoms with Crippen molar-refractivity contribution >= 4 is 17.1 Å². The summed E-state index contributed by atoms with van der Waals surface area (Å²) in [6.07, 6.45) is 3.17. The van der Waals surface area contributed by atoms with Gasteiger partial charge in [-0.1, -0.05) is 0 Å². The van der Waals surface area contributed by atoms with Gasteiger partial charge in [-0.2, -0.15) is 5.10 Å². The van der Waals surface area contributed by atoms with Crippen molar-refractivity contribution in [2.24, 2.45) is 0 Å². The summed E-state index contributed by atoms with van der Waals surface area (Å²) in [5.41, 5.74) is 1.77. The molecule has 82 valence electrons. The van der Waals surface area contributed by atoms with Crippen molar-refractivity contribution in [3.63, 3.8) is 0 Å². The second-order valence-corrected chi connectivity index (χ2v) is 5.56. The van der Waals surface area contributed by atoms with E-state index in [0.29, 0.717) is 12.3 Å². The number of H-pyrrole nitrogens is 1. The van der Waals surface area contributed by atoms with Gasteiger partial charge in [-0.3, -0.25) is 9.89 Å². The Morgan fingerprint density at radius 3 is 3.06 bits per heavy atom. The van der Waals surface area contributed by atoms with Crippen LogP contribution in [0, 0.1) is 6.92 Å². The van der Waals surface area contributed by atoms with Gasteiger partial charge < -0.3 is 0 Å². The van der Waals surface area contributed by atoms with Crippen LogP contribution in [0.15, 0.2) is 18.3 Å². The second-order valence-electron chi connectivity index (χ2n) is 4.24. The van der Waals surface area contributed by atoms with Gasteiger partial charge in [0.15, 0.2) is 5.78 Å². The fourth-order valence-electron chi connectivity index (χ4n) is 2.24. The summed E-state index contributed by atoms with van der Waals surface area (Å²) in [6.45, 7) is 2.10. The molecule has 0 aromatic carbocycles. The molecule has 0 radical (unpaired) electrons. The highest BCUT2D eigenvalue weighted by molar-refractivity contribution is 7.12. The van der Waals surface area contributed by atoms with Crippen molar-refractivity contribution in [3.05, 3.63) is 39.3 Å². The molecule has 0 spiro atoms. The highest BCUT2D eigenvalue weighted by Crippen LogP contribution is 2.34. The molecule has 0 bridgehead atoms. The zero-order chi connectivity index (χ0) is 11.1. The number of nitrogens with one attached hydrogen (secondary N) is 1. The van der Waals surface area contributed by atoms with E-state index in [0.717, 1.165) is 17.7 Å². The van der Waals surface area contributed by atoms with E-state index in [4.69, 9.17) is 0 Å². The molecule has 0 fully saturated rings. The molecule has 4 heteroatoms. The molecule has 3 rings (SSSR count). The molecule has 0 aliphatic heterocycles. The summed E-state index contributed by atoms with van der Waals surface area (Å²) in [5.74, 6) is 0.546. The first-order chi connectivity index (χ1) is 7.74. The van der Waals surface area contributed by atoms with Crippen LogP contribution in [0.5, 0.6) is 0 Å². The number of fused-ring (bicyclic) bond motifs is 1. The molecule has 3 nitrogen and oxygen atoms in total. The van der Waals surface area contributed by atoms with Crippen LogP contribution >= 0.6 is 11.3 Å². The first-order valence-corrected chi connectivity index (χ1v) is 6.17. The van der Waals surface area contributed by atoms with Crippen molar-refractivity contribution in [3.8, 4) is 0 Å². The van der Waals surface area contributed by atoms with E-state index in [1.165, 1.54) is 9.75 Å². The van der Waals surface area contributed by atoms with Crippen molar-refractivity contribution in [1.82, 2.24) is 10.2 Å². The molecule has 1 unspecified atom stereocenters. The molecule has 1 aliphatic rings. The van der Waals surface area contributed by atoms with Crippen molar-refractivity contribution in [2.75, 3.05) is 0 Å². The number of hydrogen-bond donors (Lipinski definition) is 1. The molecule has 0 saturated carbocycles. The van der Waals surface area contributed by atoms with Gasteiger partial charge in [-0.15, -0.1) is 11.3 Å². The average molecular weight is 232 g/mol. The van der Waals surface area contributed by atoms with Gasteiger partial charge in [0.25, 0.3) is 0 Å². The second kappa shape index (κ2) is 3.56. The van der Waals surface area contributed by atoms with Crippen LogP contribution in [0.4, 0.5) is 0 Å². The molecule has 0 amide bonds. The zero-order valence-corrected chi connectivity index (χ0v) is 9.80. The Hall–Kier alpha value is -1.42. The molecule has 2 aromatic heterocycles. The van der Waals surface area contributed by atoms with Gasteiger partial charge in [0.1, 0.15) is 0 Å². The maximum absolute atomic E-state index is 11.9. The highest BCUT2D eigenvalue weighted by Gasteiger charge is 2.28. The number of aryl methyl sites for hydroxylation is 1. The fourth-order valence-corrected chi connectivity index (χ4v) is 3.21. The summed E-state index contributed by atoms with van der Waals surface area (Å²) >= 11 is 1.79. The Labute approximate surface area is 97.5 Å². The number of rotatable bonds is 1. The number of carbonyl (C=O) groups is 1. The van der Waals surface area contributed by atoms with Gasteiger partial charge in [0.2, 0.25) is 0 Å². The number of aromatic nitrogens is 2. The Balaban J connectivity index is 1.94. The predicted octanol–water partition coefficient (Wildman–Crippen LogP) is 2.69. The van der Waals surface area contributed by atoms with E-state index in [-0.39, 0.29) is 5.78 Å². The topological polar surface area (TPSA) is 45.8 Å². The number of nitrogens with zero attached hydrogens (tertiary/aromatic N) is 1. The Morgan fingerprint density at radius 2 is 2.31 bits per heavy atom. The molecule has 1 aliphatic carbocycles. The summed E-state index contributed by atoms with van der Waals surface area (Å²) in [4.78, 5) is 14.5. The van der Waals surface area contributed by atoms with E-state index in [9.17, 15) is 4.79 Å². The third-order valence-electron chi connectivity index (χ3n) is 3.06. The number of hydrogen-bond acceptors (Lipinski definition) is 3. The maximum atomic E-state index is 11.9. The first-order valence-electron chi connectivity index (χ1n) is 5.36. The third kappa shape index (κ3) is 1.50. The molecule has 2 heterocycles. The zero-order valence-electron chi connectivity index (χ0n) is 8.99. The first kappa shape index (κ1) is 9.78. The van der Waals surface area contributed by atoms with E-state index in [1.807, 2.05) is 0 Å². The fraction of sp³-hybridized carbons (Fsp3) is 0.333. The largest absolute Gasteiger partial charge is 0.294 e. The summed E-state index contributed by atoms with van der Waals surface area (Å²) in [7, 11) is 0. The van der Waals surface area contributed by atoms with Crippen LogP contribution < -0.4 is 0 Å². The van der Waals surface area contributed by atoms with Crippen LogP contribution in [0.25, 0.3) is 0 Å². The molecular weight excluding hydrogens is 220 g/mol. The Bertz CT molecular complexity index is 541. The SMILES string of the molecule is Cc1ccc(C2CC(=O)c3cn[nH]c3C2)s1. The van der Waals surface area contributed by atoms with Gasteiger partial charge in [-0.05, 0) is 25.5 Å². The van der Waals surface area contributed by atoms with Crippen molar-refractivity contribution < 1.29 is 4.79 Å². The minimum absolute atomic E-state index is 0.214. The lowest BCUT2D eigenvalue weighted by Crippen LogP contribution is -2.17. The van der Waals surface area contributed by atoms with E-state index >= 15 is 0 Å². The third-order valence-corrected chi connectivity index (χ3v) is 4.23. The molecule has 1 N–H and O–H groups in total. The molecule has 2 aromatic rings. The summed E-state index contributed by atoms with van der Waals surface area (Å²) < 4.78 is 0. The molecule has 1 atom stereocenters. The minimum atomic E-state index is 0.214. The van der Waals surface area contributed by atoms with Crippen LogP contribution in [0.3, 0.4) is 0 Å². The number of Topliss-reactive ketones (excluding diaryl/α,β-unsaturated/α-hetero) is 1. The van der Waals surface area contributed by atoms with E-state index < -0.39 is 0 Å². The summed E-state index contributed by atoms with van der Waals surface area (Å²) in [5, 5.41) is 6.87. The van der Waals surface area contributed by atoms with Crippen molar-refractivity contribution in [1.29, 1.82) is 0 Å². The minimum Gasteiger partial charge on any atom is -0.294 e. The lowest BCUT2D eigenvalue weighted by atomic mass is 9.86. The molecular formula is C12H12N2OS. The Kier molecular flexibility index (Phi) is 2.17. The summed E-state index contributed by atoms with van der Waals surface area (Å²) in [6, 6.07) is 4.26. The van der Waals surface area contributed by atoms with E-state index in [2.05, 4.69) is 29.3 Å². The normalized spacial score (nSPS) is 19.8. The maximum Gasteiger partial charge on any atom is 0.166 e. The predicted molar refractivity (Wildman–Crippen MR) is 63.0 cm³/mol.